The summed E-state index contributed by atoms with van der Waals surface area (Å²) < 4.78 is 0.707. The topological polar surface area (TPSA) is 98.2 Å². The first kappa shape index (κ1) is 13.9. The third-order valence-corrected chi connectivity index (χ3v) is 4.34. The highest BCUT2D eigenvalue weighted by Gasteiger charge is 2.23. The first-order valence-electron chi connectivity index (χ1n) is 5.15. The van der Waals surface area contributed by atoms with Crippen LogP contribution < -0.4 is 16.8 Å². The van der Waals surface area contributed by atoms with Crippen LogP contribution in [0, 0.1) is 0 Å². The Bertz CT molecular complexity index is 443. The number of thioether (sulfide) groups is 1. The van der Waals surface area contributed by atoms with Crippen molar-refractivity contribution in [3.63, 3.8) is 0 Å². The van der Waals surface area contributed by atoms with E-state index in [9.17, 15) is 9.59 Å². The van der Waals surface area contributed by atoms with Gasteiger partial charge in [-0.15, -0.1) is 23.1 Å². The van der Waals surface area contributed by atoms with Crippen molar-refractivity contribution < 1.29 is 9.59 Å². The molecule has 7 heteroatoms. The van der Waals surface area contributed by atoms with Crippen LogP contribution in [0.25, 0.3) is 0 Å². The fraction of sp³-hybridized carbons (Fsp3) is 0.400. The van der Waals surface area contributed by atoms with Gasteiger partial charge in [-0.05, 0) is 12.7 Å². The molecule has 5 N–H and O–H groups in total. The van der Waals surface area contributed by atoms with Crippen molar-refractivity contribution >= 4 is 40.6 Å². The Balaban J connectivity index is 3.21. The van der Waals surface area contributed by atoms with E-state index in [1.165, 1.54) is 23.1 Å². The second-order valence-electron chi connectivity index (χ2n) is 3.16. The van der Waals surface area contributed by atoms with Crippen LogP contribution in [0.5, 0.6) is 0 Å². The summed E-state index contributed by atoms with van der Waals surface area (Å²) in [5.41, 5.74) is 11.5. The van der Waals surface area contributed by atoms with Gasteiger partial charge in [0.05, 0.1) is 15.5 Å². The highest BCUT2D eigenvalue weighted by molar-refractivity contribution is 8.01. The number of hydrogen-bond donors (Lipinski definition) is 3. The van der Waals surface area contributed by atoms with Crippen molar-refractivity contribution in [2.45, 2.75) is 18.1 Å². The molecule has 0 saturated carbocycles. The van der Waals surface area contributed by atoms with E-state index in [0.29, 0.717) is 15.6 Å². The summed E-state index contributed by atoms with van der Waals surface area (Å²) in [4.78, 5) is 23.4. The quantitative estimate of drug-likeness (QED) is 0.704. The molecule has 1 heterocycles. The molecule has 1 rings (SSSR count). The summed E-state index contributed by atoms with van der Waals surface area (Å²) in [7, 11) is 0. The maximum absolute atomic E-state index is 11.7. The molecule has 0 atom stereocenters. The number of nitrogens with one attached hydrogen (secondary N) is 1. The van der Waals surface area contributed by atoms with Gasteiger partial charge in [0.2, 0.25) is 0 Å². The molecule has 0 unspecified atom stereocenters. The van der Waals surface area contributed by atoms with Crippen molar-refractivity contribution in [3.05, 3.63) is 10.4 Å². The van der Waals surface area contributed by atoms with Crippen LogP contribution in [0.15, 0.2) is 4.21 Å². The SMILES string of the molecule is CCNC(=O)c1sc(SCC)c(C(N)=O)c1N. The highest BCUT2D eigenvalue weighted by Crippen LogP contribution is 2.37. The molecule has 0 saturated heterocycles. The fourth-order valence-electron chi connectivity index (χ4n) is 1.30. The van der Waals surface area contributed by atoms with Gasteiger partial charge in [0.15, 0.2) is 0 Å². The maximum atomic E-state index is 11.7. The monoisotopic (exact) mass is 273 g/mol. The number of primary amides is 1. The van der Waals surface area contributed by atoms with Crippen molar-refractivity contribution in [2.75, 3.05) is 18.0 Å². The molecule has 0 bridgehead atoms. The largest absolute Gasteiger partial charge is 0.397 e. The Hall–Kier alpha value is -1.21. The number of anilines is 1. The van der Waals surface area contributed by atoms with Gasteiger partial charge in [-0.2, -0.15) is 0 Å². The number of amides is 2. The van der Waals surface area contributed by atoms with Crippen LogP contribution >= 0.6 is 23.1 Å². The number of carbonyl (C=O) groups excluding carboxylic acids is 2. The minimum atomic E-state index is -0.592. The van der Waals surface area contributed by atoms with E-state index in [0.717, 1.165) is 5.75 Å². The first-order chi connectivity index (χ1) is 8.02. The fourth-order valence-corrected chi connectivity index (χ4v) is 3.63. The minimum Gasteiger partial charge on any atom is -0.397 e. The zero-order valence-electron chi connectivity index (χ0n) is 9.70. The van der Waals surface area contributed by atoms with Gasteiger partial charge < -0.3 is 16.8 Å². The first-order valence-corrected chi connectivity index (χ1v) is 6.96. The lowest BCUT2D eigenvalue weighted by Crippen LogP contribution is -2.23. The standard InChI is InChI=1S/C10H15N3O2S2/c1-3-13-9(15)7-6(11)5(8(12)14)10(17-7)16-4-2/h3-4,11H2,1-2H3,(H2,12,14)(H,13,15). The zero-order valence-corrected chi connectivity index (χ0v) is 11.3. The predicted molar refractivity (Wildman–Crippen MR) is 71.7 cm³/mol. The molecule has 94 valence electrons. The lowest BCUT2D eigenvalue weighted by Gasteiger charge is -2.00. The van der Waals surface area contributed by atoms with E-state index in [1.54, 1.807) is 0 Å². The van der Waals surface area contributed by atoms with Gasteiger partial charge in [-0.25, -0.2) is 0 Å². The van der Waals surface area contributed by atoms with E-state index >= 15 is 0 Å². The Morgan fingerprint density at radius 2 is 2.06 bits per heavy atom. The molecular formula is C10H15N3O2S2. The third-order valence-electron chi connectivity index (χ3n) is 1.98. The second-order valence-corrected chi connectivity index (χ2v) is 5.72. The molecule has 1 aromatic heterocycles. The molecule has 0 spiro atoms. The third kappa shape index (κ3) is 2.92. The van der Waals surface area contributed by atoms with Gasteiger partial charge in [0, 0.05) is 6.54 Å². The van der Waals surface area contributed by atoms with Gasteiger partial charge in [0.1, 0.15) is 4.88 Å². The van der Waals surface area contributed by atoms with Gasteiger partial charge in [0.25, 0.3) is 11.8 Å². The number of nitrogen functional groups attached to an aromatic ring is 1. The molecule has 0 fully saturated rings. The Labute approximate surface area is 108 Å². The Morgan fingerprint density at radius 1 is 1.41 bits per heavy atom. The van der Waals surface area contributed by atoms with Crippen LogP contribution in [0.4, 0.5) is 5.69 Å². The predicted octanol–water partition coefficient (Wildman–Crippen LogP) is 1.29. The lowest BCUT2D eigenvalue weighted by molar-refractivity contribution is 0.0960. The van der Waals surface area contributed by atoms with Crippen molar-refractivity contribution in [3.8, 4) is 0 Å². The maximum Gasteiger partial charge on any atom is 0.263 e. The van der Waals surface area contributed by atoms with E-state index in [-0.39, 0.29) is 17.2 Å². The summed E-state index contributed by atoms with van der Waals surface area (Å²) in [6, 6.07) is 0. The Kier molecular flexibility index (Phi) is 4.83. The molecule has 0 aliphatic carbocycles. The molecule has 2 amide bonds. The summed E-state index contributed by atoms with van der Waals surface area (Å²) in [5.74, 6) is -0.0691. The summed E-state index contributed by atoms with van der Waals surface area (Å²) in [6.07, 6.45) is 0. The number of thiophene rings is 1. The average molecular weight is 273 g/mol. The lowest BCUT2D eigenvalue weighted by atomic mass is 10.2. The summed E-state index contributed by atoms with van der Waals surface area (Å²) >= 11 is 2.67. The van der Waals surface area contributed by atoms with Crippen LogP contribution in [0.3, 0.4) is 0 Å². The highest BCUT2D eigenvalue weighted by atomic mass is 32.2. The average Bonchev–Trinajstić information content (AvgIpc) is 2.56. The van der Waals surface area contributed by atoms with Crippen LogP contribution in [0.2, 0.25) is 0 Å². The molecule has 0 aliphatic heterocycles. The second kappa shape index (κ2) is 5.92. The van der Waals surface area contributed by atoms with Gasteiger partial charge in [-0.3, -0.25) is 9.59 Å². The number of nitrogens with two attached hydrogens (primary N) is 2. The van der Waals surface area contributed by atoms with Gasteiger partial charge in [-0.1, -0.05) is 6.92 Å². The number of hydrogen-bond acceptors (Lipinski definition) is 5. The molecule has 17 heavy (non-hydrogen) atoms. The normalized spacial score (nSPS) is 10.2. The van der Waals surface area contributed by atoms with E-state index in [1.807, 2.05) is 13.8 Å². The Morgan fingerprint density at radius 3 is 2.53 bits per heavy atom. The zero-order chi connectivity index (χ0) is 13.0. The summed E-state index contributed by atoms with van der Waals surface area (Å²) in [6.45, 7) is 4.29. The van der Waals surface area contributed by atoms with Crippen molar-refractivity contribution in [1.29, 1.82) is 0 Å². The van der Waals surface area contributed by atoms with E-state index in [4.69, 9.17) is 11.5 Å². The van der Waals surface area contributed by atoms with Gasteiger partial charge >= 0.3 is 0 Å². The smallest absolute Gasteiger partial charge is 0.263 e. The minimum absolute atomic E-state index is 0.185. The van der Waals surface area contributed by atoms with E-state index < -0.39 is 5.91 Å². The van der Waals surface area contributed by atoms with Crippen molar-refractivity contribution in [1.82, 2.24) is 5.32 Å². The van der Waals surface area contributed by atoms with Crippen molar-refractivity contribution in [2.24, 2.45) is 5.73 Å². The molecule has 1 aromatic rings. The molecular weight excluding hydrogens is 258 g/mol. The molecule has 0 aliphatic rings. The molecule has 0 aromatic carbocycles. The van der Waals surface area contributed by atoms with Crippen LogP contribution in [-0.4, -0.2) is 24.1 Å². The van der Waals surface area contributed by atoms with E-state index in [2.05, 4.69) is 5.32 Å². The van der Waals surface area contributed by atoms with Crippen LogP contribution in [-0.2, 0) is 0 Å². The van der Waals surface area contributed by atoms with Crippen LogP contribution in [0.1, 0.15) is 33.9 Å². The summed E-state index contributed by atoms with van der Waals surface area (Å²) in [5, 5.41) is 2.65. The number of carbonyl (C=O) groups is 2. The molecule has 5 nitrogen and oxygen atoms in total. The number of rotatable bonds is 5. The molecule has 0 radical (unpaired) electrons.